The highest BCUT2D eigenvalue weighted by Gasteiger charge is 2.07. The number of hydrogen-bond donors (Lipinski definition) is 2. The van der Waals surface area contributed by atoms with Gasteiger partial charge < -0.3 is 10.5 Å². The van der Waals surface area contributed by atoms with Crippen molar-refractivity contribution >= 4 is 5.84 Å². The standard InChI is InChI=1S/C15H12FN3O/c16-14-7-2-1-5-13(14)10-18-15(19-20)12-6-3-4-11(8-12)9-17/h1-8,20H,10H2,(H,18,19). The second-order valence-corrected chi connectivity index (χ2v) is 4.09. The Labute approximate surface area is 115 Å². The van der Waals surface area contributed by atoms with Crippen LogP contribution in [-0.2, 0) is 6.54 Å². The molecule has 0 radical (unpaired) electrons. The number of amidine groups is 1. The van der Waals surface area contributed by atoms with Gasteiger partial charge in [-0.15, -0.1) is 0 Å². The third-order valence-corrected chi connectivity index (χ3v) is 2.77. The lowest BCUT2D eigenvalue weighted by atomic mass is 10.1. The molecule has 0 heterocycles. The minimum Gasteiger partial charge on any atom is -0.409 e. The minimum atomic E-state index is -0.330. The van der Waals surface area contributed by atoms with Gasteiger partial charge in [0, 0.05) is 17.7 Å². The fraction of sp³-hybridized carbons (Fsp3) is 0.0667. The summed E-state index contributed by atoms with van der Waals surface area (Å²) in [5.41, 5.74) is 1.48. The van der Waals surface area contributed by atoms with Crippen LogP contribution in [0.2, 0.25) is 0 Å². The van der Waals surface area contributed by atoms with Crippen molar-refractivity contribution in [3.8, 4) is 6.07 Å². The predicted octanol–water partition coefficient (Wildman–Crippen LogP) is 2.62. The van der Waals surface area contributed by atoms with E-state index in [-0.39, 0.29) is 18.2 Å². The number of halogens is 1. The highest BCUT2D eigenvalue weighted by atomic mass is 19.1. The van der Waals surface area contributed by atoms with E-state index in [0.717, 1.165) is 0 Å². The molecule has 0 aromatic heterocycles. The zero-order valence-corrected chi connectivity index (χ0v) is 10.5. The zero-order valence-electron chi connectivity index (χ0n) is 10.5. The molecule has 0 amide bonds. The molecule has 4 nitrogen and oxygen atoms in total. The van der Waals surface area contributed by atoms with Crippen LogP contribution in [0.5, 0.6) is 0 Å². The second kappa shape index (κ2) is 6.34. The Bertz CT molecular complexity index is 677. The van der Waals surface area contributed by atoms with Crippen LogP contribution in [0.25, 0.3) is 0 Å². The van der Waals surface area contributed by atoms with E-state index in [2.05, 4.69) is 10.5 Å². The molecular formula is C15H12FN3O. The molecule has 2 rings (SSSR count). The summed E-state index contributed by atoms with van der Waals surface area (Å²) < 4.78 is 13.5. The van der Waals surface area contributed by atoms with Gasteiger partial charge in [-0.2, -0.15) is 5.26 Å². The Hall–Kier alpha value is -2.87. The summed E-state index contributed by atoms with van der Waals surface area (Å²) >= 11 is 0. The molecule has 0 aliphatic carbocycles. The van der Waals surface area contributed by atoms with Crippen molar-refractivity contribution in [2.45, 2.75) is 6.54 Å². The quantitative estimate of drug-likeness (QED) is 0.389. The third kappa shape index (κ3) is 3.12. The van der Waals surface area contributed by atoms with E-state index in [9.17, 15) is 4.39 Å². The van der Waals surface area contributed by atoms with Crippen molar-refractivity contribution in [3.63, 3.8) is 0 Å². The first-order valence-corrected chi connectivity index (χ1v) is 5.94. The number of hydrogen-bond acceptors (Lipinski definition) is 3. The Balaban J connectivity index is 2.14. The first-order chi connectivity index (χ1) is 9.74. The van der Waals surface area contributed by atoms with Crippen LogP contribution in [0.4, 0.5) is 4.39 Å². The third-order valence-electron chi connectivity index (χ3n) is 2.77. The summed E-state index contributed by atoms with van der Waals surface area (Å²) in [5.74, 6) is -0.145. The number of rotatable bonds is 3. The first-order valence-electron chi connectivity index (χ1n) is 5.94. The van der Waals surface area contributed by atoms with E-state index in [4.69, 9.17) is 10.5 Å². The van der Waals surface area contributed by atoms with E-state index >= 15 is 0 Å². The van der Waals surface area contributed by atoms with Crippen LogP contribution in [0.3, 0.4) is 0 Å². The van der Waals surface area contributed by atoms with Crippen molar-refractivity contribution < 1.29 is 9.60 Å². The molecule has 0 aliphatic rings. The molecule has 5 heteroatoms. The number of nitrogens with zero attached hydrogens (tertiary/aromatic N) is 2. The van der Waals surface area contributed by atoms with Crippen molar-refractivity contribution in [2.75, 3.05) is 0 Å². The molecule has 100 valence electrons. The maximum absolute atomic E-state index is 13.5. The van der Waals surface area contributed by atoms with Gasteiger partial charge in [0.25, 0.3) is 0 Å². The van der Waals surface area contributed by atoms with Crippen LogP contribution < -0.4 is 5.32 Å². The second-order valence-electron chi connectivity index (χ2n) is 4.09. The molecule has 0 unspecified atom stereocenters. The molecule has 20 heavy (non-hydrogen) atoms. The minimum absolute atomic E-state index is 0.183. The molecule has 0 saturated heterocycles. The lowest BCUT2D eigenvalue weighted by Crippen LogP contribution is -2.24. The maximum atomic E-state index is 13.5. The Morgan fingerprint density at radius 1 is 1.25 bits per heavy atom. The molecule has 0 bridgehead atoms. The summed E-state index contributed by atoms with van der Waals surface area (Å²) in [6, 6.07) is 15.0. The molecule has 2 aromatic rings. The van der Waals surface area contributed by atoms with Gasteiger partial charge in [0.2, 0.25) is 0 Å². The molecule has 0 saturated carbocycles. The lowest BCUT2D eigenvalue weighted by Gasteiger charge is -2.09. The average molecular weight is 269 g/mol. The fourth-order valence-corrected chi connectivity index (χ4v) is 1.75. The van der Waals surface area contributed by atoms with Gasteiger partial charge in [-0.3, -0.25) is 0 Å². The zero-order chi connectivity index (χ0) is 14.4. The van der Waals surface area contributed by atoms with Crippen LogP contribution in [-0.4, -0.2) is 11.0 Å². The number of benzene rings is 2. The monoisotopic (exact) mass is 269 g/mol. The number of nitriles is 1. The molecule has 0 spiro atoms. The average Bonchev–Trinajstić information content (AvgIpc) is 2.50. The summed E-state index contributed by atoms with van der Waals surface area (Å²) in [4.78, 5) is 0. The molecule has 0 fully saturated rings. The highest BCUT2D eigenvalue weighted by Crippen LogP contribution is 2.08. The molecule has 2 aromatic carbocycles. The maximum Gasteiger partial charge on any atom is 0.172 e. The Morgan fingerprint density at radius 3 is 2.75 bits per heavy atom. The first kappa shape index (κ1) is 13.6. The van der Waals surface area contributed by atoms with Gasteiger partial charge in [0.05, 0.1) is 11.6 Å². The van der Waals surface area contributed by atoms with Crippen molar-refractivity contribution in [1.29, 1.82) is 5.26 Å². The Kier molecular flexibility index (Phi) is 4.30. The van der Waals surface area contributed by atoms with Crippen molar-refractivity contribution in [3.05, 3.63) is 71.0 Å². The summed E-state index contributed by atoms with van der Waals surface area (Å²) in [6.07, 6.45) is 0. The smallest absolute Gasteiger partial charge is 0.172 e. The van der Waals surface area contributed by atoms with Crippen LogP contribution >= 0.6 is 0 Å². The predicted molar refractivity (Wildman–Crippen MR) is 72.7 cm³/mol. The van der Waals surface area contributed by atoms with Gasteiger partial charge >= 0.3 is 0 Å². The van der Waals surface area contributed by atoms with Crippen molar-refractivity contribution in [1.82, 2.24) is 5.32 Å². The van der Waals surface area contributed by atoms with Crippen LogP contribution in [0.15, 0.2) is 53.7 Å². The summed E-state index contributed by atoms with van der Waals surface area (Å²) in [7, 11) is 0. The topological polar surface area (TPSA) is 68.4 Å². The fourth-order valence-electron chi connectivity index (χ4n) is 1.75. The number of nitrogens with one attached hydrogen (secondary N) is 1. The SMILES string of the molecule is N#Cc1cccc(C(=NO)NCc2ccccc2F)c1. The molecule has 0 atom stereocenters. The van der Waals surface area contributed by atoms with Gasteiger partial charge in [-0.25, -0.2) is 4.39 Å². The molecule has 0 aliphatic heterocycles. The Morgan fingerprint density at radius 2 is 2.05 bits per heavy atom. The van der Waals surface area contributed by atoms with E-state index in [1.165, 1.54) is 6.07 Å². The largest absolute Gasteiger partial charge is 0.409 e. The summed E-state index contributed by atoms with van der Waals surface area (Å²) in [5, 5.41) is 23.9. The van der Waals surface area contributed by atoms with Crippen LogP contribution in [0, 0.1) is 17.1 Å². The number of oxime groups is 1. The normalized spacial score (nSPS) is 10.9. The molecular weight excluding hydrogens is 257 g/mol. The van der Waals surface area contributed by atoms with Crippen LogP contribution in [0.1, 0.15) is 16.7 Å². The van der Waals surface area contributed by atoms with E-state index < -0.39 is 0 Å². The summed E-state index contributed by atoms with van der Waals surface area (Å²) in [6.45, 7) is 0.183. The van der Waals surface area contributed by atoms with Crippen molar-refractivity contribution in [2.24, 2.45) is 5.16 Å². The van der Waals surface area contributed by atoms with Gasteiger partial charge in [0.1, 0.15) is 5.82 Å². The van der Waals surface area contributed by atoms with Gasteiger partial charge in [0.15, 0.2) is 5.84 Å². The lowest BCUT2D eigenvalue weighted by molar-refractivity contribution is 0.316. The van der Waals surface area contributed by atoms with E-state index in [0.29, 0.717) is 16.7 Å². The van der Waals surface area contributed by atoms with Gasteiger partial charge in [-0.1, -0.05) is 35.5 Å². The van der Waals surface area contributed by atoms with E-state index in [1.807, 2.05) is 6.07 Å². The van der Waals surface area contributed by atoms with E-state index in [1.54, 1.807) is 42.5 Å². The van der Waals surface area contributed by atoms with Gasteiger partial charge in [-0.05, 0) is 18.2 Å². The highest BCUT2D eigenvalue weighted by molar-refractivity contribution is 5.98. The molecule has 2 N–H and O–H groups in total.